The quantitative estimate of drug-likeness (QED) is 0.525. The van der Waals surface area contributed by atoms with Crippen LogP contribution in [0, 0.1) is 18.8 Å². The van der Waals surface area contributed by atoms with E-state index in [1.807, 2.05) is 18.2 Å². The Morgan fingerprint density at radius 1 is 1.22 bits per heavy atom. The Morgan fingerprint density at radius 3 is 2.81 bits per heavy atom. The smallest absolute Gasteiger partial charge is 0.221 e. The lowest BCUT2D eigenvalue weighted by Crippen LogP contribution is -2.18. The minimum absolute atomic E-state index is 0.184. The fourth-order valence-electron chi connectivity index (χ4n) is 2.62. The molecule has 0 aliphatic heterocycles. The van der Waals surface area contributed by atoms with Crippen LogP contribution in [0.3, 0.4) is 0 Å². The van der Waals surface area contributed by atoms with Crippen LogP contribution in [0.1, 0.15) is 23.9 Å². The maximum Gasteiger partial charge on any atom is 0.221 e. The van der Waals surface area contributed by atoms with E-state index in [0.717, 1.165) is 11.0 Å². The second-order valence-corrected chi connectivity index (χ2v) is 6.24. The van der Waals surface area contributed by atoms with Crippen LogP contribution in [0.5, 0.6) is 0 Å². The number of nitrogens with two attached hydrogens (primary N) is 1. The van der Waals surface area contributed by atoms with Crippen molar-refractivity contribution in [3.05, 3.63) is 59.9 Å². The Bertz CT molecular complexity index is 1200. The van der Waals surface area contributed by atoms with Crippen LogP contribution in [0.4, 0.5) is 5.95 Å². The summed E-state index contributed by atoms with van der Waals surface area (Å²) < 4.78 is 6.82. The molecule has 4 aromatic rings. The van der Waals surface area contributed by atoms with E-state index in [4.69, 9.17) is 10.3 Å². The molecule has 1 aromatic carbocycles. The number of aromatic nitrogens is 5. The number of hydrogen-bond donors (Lipinski definition) is 2. The van der Waals surface area contributed by atoms with Crippen LogP contribution < -0.4 is 5.73 Å². The van der Waals surface area contributed by atoms with Crippen LogP contribution >= 0.6 is 0 Å². The van der Waals surface area contributed by atoms with Gasteiger partial charge in [-0.25, -0.2) is 9.97 Å². The average Bonchev–Trinajstić information content (AvgIpc) is 3.26. The standard InChI is InChI=1S/C19H16N6O2/c1-12-9-16(24-27-12)19(2,26)7-5-13-3-4-14-15(10-13)25(11-22-14)17-6-8-21-18(20)23-17/h3-4,6,8-11,26H,1-2H3,(H2,20,21,23). The summed E-state index contributed by atoms with van der Waals surface area (Å²) in [5.74, 6) is 7.23. The van der Waals surface area contributed by atoms with E-state index >= 15 is 0 Å². The number of nitrogen functional groups attached to an aromatic ring is 1. The van der Waals surface area contributed by atoms with Gasteiger partial charge in [-0.3, -0.25) is 4.57 Å². The molecule has 8 nitrogen and oxygen atoms in total. The zero-order valence-corrected chi connectivity index (χ0v) is 14.7. The molecular weight excluding hydrogens is 344 g/mol. The molecule has 0 aliphatic rings. The van der Waals surface area contributed by atoms with Gasteiger partial charge in [-0.05, 0) is 38.1 Å². The Kier molecular flexibility index (Phi) is 3.86. The van der Waals surface area contributed by atoms with Gasteiger partial charge < -0.3 is 15.4 Å². The zero-order chi connectivity index (χ0) is 19.0. The molecular formula is C19H16N6O2. The lowest BCUT2D eigenvalue weighted by Gasteiger charge is -2.11. The molecule has 0 saturated carbocycles. The summed E-state index contributed by atoms with van der Waals surface area (Å²) in [6.07, 6.45) is 3.25. The number of nitrogens with zero attached hydrogens (tertiary/aromatic N) is 5. The van der Waals surface area contributed by atoms with Crippen LogP contribution in [0.15, 0.2) is 47.4 Å². The van der Waals surface area contributed by atoms with Crippen molar-refractivity contribution >= 4 is 17.0 Å². The van der Waals surface area contributed by atoms with Crippen molar-refractivity contribution in [2.45, 2.75) is 19.4 Å². The molecule has 8 heteroatoms. The normalized spacial score (nSPS) is 13.1. The maximum atomic E-state index is 10.6. The second kappa shape index (κ2) is 6.23. The summed E-state index contributed by atoms with van der Waals surface area (Å²) in [6, 6.07) is 8.97. The average molecular weight is 360 g/mol. The highest BCUT2D eigenvalue weighted by Crippen LogP contribution is 2.21. The summed E-state index contributed by atoms with van der Waals surface area (Å²) in [5, 5.41) is 14.4. The van der Waals surface area contributed by atoms with E-state index in [1.54, 1.807) is 43.1 Å². The summed E-state index contributed by atoms with van der Waals surface area (Å²) >= 11 is 0. The summed E-state index contributed by atoms with van der Waals surface area (Å²) in [6.45, 7) is 3.33. The Balaban J connectivity index is 1.73. The van der Waals surface area contributed by atoms with E-state index in [-0.39, 0.29) is 5.95 Å². The van der Waals surface area contributed by atoms with E-state index in [9.17, 15) is 5.11 Å². The first-order chi connectivity index (χ1) is 12.9. The number of aliphatic hydroxyl groups is 1. The molecule has 3 N–H and O–H groups in total. The Morgan fingerprint density at radius 2 is 2.07 bits per heavy atom. The number of fused-ring (bicyclic) bond motifs is 1. The van der Waals surface area contributed by atoms with Crippen LogP contribution in [0.2, 0.25) is 0 Å². The number of aryl methyl sites for hydroxylation is 1. The first-order valence-electron chi connectivity index (χ1n) is 8.18. The predicted molar refractivity (Wildman–Crippen MR) is 98.8 cm³/mol. The Labute approximate surface area is 154 Å². The van der Waals surface area contributed by atoms with E-state index in [0.29, 0.717) is 22.8 Å². The molecule has 3 aromatic heterocycles. The highest BCUT2D eigenvalue weighted by atomic mass is 16.5. The molecule has 0 radical (unpaired) electrons. The molecule has 1 atom stereocenters. The van der Waals surface area contributed by atoms with Crippen LogP contribution in [-0.4, -0.2) is 29.8 Å². The van der Waals surface area contributed by atoms with Crippen molar-refractivity contribution in [3.8, 4) is 17.7 Å². The summed E-state index contributed by atoms with van der Waals surface area (Å²) in [4.78, 5) is 12.5. The topological polar surface area (TPSA) is 116 Å². The molecule has 27 heavy (non-hydrogen) atoms. The van der Waals surface area contributed by atoms with Gasteiger partial charge in [-0.2, -0.15) is 4.98 Å². The van der Waals surface area contributed by atoms with Crippen molar-refractivity contribution in [3.63, 3.8) is 0 Å². The van der Waals surface area contributed by atoms with Gasteiger partial charge in [0.2, 0.25) is 5.95 Å². The molecule has 0 aliphatic carbocycles. The molecule has 0 fully saturated rings. The molecule has 0 amide bonds. The molecule has 1 unspecified atom stereocenters. The third-order valence-electron chi connectivity index (χ3n) is 4.03. The van der Waals surface area contributed by atoms with Gasteiger partial charge in [-0.1, -0.05) is 17.0 Å². The highest BCUT2D eigenvalue weighted by Gasteiger charge is 2.24. The van der Waals surface area contributed by atoms with Crippen LogP contribution in [0.25, 0.3) is 16.9 Å². The van der Waals surface area contributed by atoms with Gasteiger partial charge in [-0.15, -0.1) is 0 Å². The third kappa shape index (κ3) is 3.23. The minimum atomic E-state index is -1.42. The lowest BCUT2D eigenvalue weighted by atomic mass is 10.0. The monoisotopic (exact) mass is 360 g/mol. The number of rotatable bonds is 2. The van der Waals surface area contributed by atoms with Crippen molar-refractivity contribution in [2.75, 3.05) is 5.73 Å². The first-order valence-corrected chi connectivity index (χ1v) is 8.18. The number of benzene rings is 1. The van der Waals surface area contributed by atoms with Gasteiger partial charge in [0, 0.05) is 17.8 Å². The minimum Gasteiger partial charge on any atom is -0.372 e. The molecule has 0 saturated heterocycles. The highest BCUT2D eigenvalue weighted by molar-refractivity contribution is 5.78. The van der Waals surface area contributed by atoms with Gasteiger partial charge in [0.05, 0.1) is 11.0 Å². The summed E-state index contributed by atoms with van der Waals surface area (Å²) in [7, 11) is 0. The van der Waals surface area contributed by atoms with E-state index in [1.165, 1.54) is 0 Å². The molecule has 3 heterocycles. The number of hydrogen-bond acceptors (Lipinski definition) is 7. The third-order valence-corrected chi connectivity index (χ3v) is 4.03. The van der Waals surface area contributed by atoms with Crippen molar-refractivity contribution < 1.29 is 9.63 Å². The molecule has 4 rings (SSSR count). The SMILES string of the molecule is Cc1cc(C(C)(O)C#Cc2ccc3ncn(-c4ccnc(N)n4)c3c2)no1. The molecule has 0 spiro atoms. The van der Waals surface area contributed by atoms with Crippen molar-refractivity contribution in [1.29, 1.82) is 0 Å². The lowest BCUT2D eigenvalue weighted by molar-refractivity contribution is 0.112. The maximum absolute atomic E-state index is 10.6. The zero-order valence-electron chi connectivity index (χ0n) is 14.7. The van der Waals surface area contributed by atoms with Gasteiger partial charge in [0.25, 0.3) is 0 Å². The molecule has 134 valence electrons. The van der Waals surface area contributed by atoms with Gasteiger partial charge >= 0.3 is 0 Å². The van der Waals surface area contributed by atoms with Crippen molar-refractivity contribution in [2.24, 2.45) is 0 Å². The van der Waals surface area contributed by atoms with E-state index < -0.39 is 5.60 Å². The van der Waals surface area contributed by atoms with Gasteiger partial charge in [0.1, 0.15) is 23.6 Å². The Hall–Kier alpha value is -3.70. The molecule has 0 bridgehead atoms. The largest absolute Gasteiger partial charge is 0.372 e. The fourth-order valence-corrected chi connectivity index (χ4v) is 2.62. The predicted octanol–water partition coefficient (Wildman–Crippen LogP) is 1.95. The second-order valence-electron chi connectivity index (χ2n) is 6.24. The summed E-state index contributed by atoms with van der Waals surface area (Å²) in [5.41, 5.74) is 6.94. The fraction of sp³-hybridized carbons (Fsp3) is 0.158. The van der Waals surface area contributed by atoms with Gasteiger partial charge in [0.15, 0.2) is 5.60 Å². The van der Waals surface area contributed by atoms with Crippen LogP contribution in [-0.2, 0) is 5.60 Å². The first kappa shape index (κ1) is 16.8. The van der Waals surface area contributed by atoms with E-state index in [2.05, 4.69) is 31.9 Å². The van der Waals surface area contributed by atoms with Crippen molar-refractivity contribution in [1.82, 2.24) is 24.7 Å². The number of anilines is 1. The number of imidazole rings is 1.